The molecule has 29 heavy (non-hydrogen) atoms. The van der Waals surface area contributed by atoms with Gasteiger partial charge < -0.3 is 24.4 Å². The van der Waals surface area contributed by atoms with Crippen molar-refractivity contribution in [2.75, 3.05) is 14.2 Å². The van der Waals surface area contributed by atoms with E-state index in [0.717, 1.165) is 18.4 Å². The Labute approximate surface area is 169 Å². The third kappa shape index (κ3) is 2.04. The predicted octanol–water partition coefficient (Wildman–Crippen LogP) is 4.35. The Kier molecular flexibility index (Phi) is 3.49. The van der Waals surface area contributed by atoms with Gasteiger partial charge in [-0.05, 0) is 43.2 Å². The van der Waals surface area contributed by atoms with Crippen molar-refractivity contribution in [1.29, 1.82) is 0 Å². The highest BCUT2D eigenvalue weighted by Gasteiger charge is 2.69. The van der Waals surface area contributed by atoms with Gasteiger partial charge in [-0.2, -0.15) is 0 Å². The molecule has 2 N–H and O–H groups in total. The summed E-state index contributed by atoms with van der Waals surface area (Å²) in [5.74, 6) is 0.964. The topological polar surface area (TPSA) is 85.2 Å². The van der Waals surface area contributed by atoms with Crippen LogP contribution in [-0.4, -0.2) is 36.0 Å². The monoisotopic (exact) mass is 398 g/mol. The van der Waals surface area contributed by atoms with Crippen LogP contribution < -0.4 is 9.47 Å². The van der Waals surface area contributed by atoms with Crippen LogP contribution >= 0.6 is 0 Å². The molecule has 4 unspecified atom stereocenters. The first-order chi connectivity index (χ1) is 13.7. The van der Waals surface area contributed by atoms with Crippen molar-refractivity contribution in [3.63, 3.8) is 0 Å². The van der Waals surface area contributed by atoms with Gasteiger partial charge in [0.05, 0.1) is 14.2 Å². The number of rotatable bonds is 2. The van der Waals surface area contributed by atoms with Crippen molar-refractivity contribution >= 4 is 16.7 Å². The molecule has 1 heterocycles. The molecule has 0 aromatic heterocycles. The second kappa shape index (κ2) is 5.49. The van der Waals surface area contributed by atoms with Crippen molar-refractivity contribution < 1.29 is 29.2 Å². The lowest BCUT2D eigenvalue weighted by atomic mass is 9.44. The largest absolute Gasteiger partial charge is 0.506 e. The Morgan fingerprint density at radius 2 is 1.93 bits per heavy atom. The van der Waals surface area contributed by atoms with E-state index in [2.05, 4.69) is 20.8 Å². The van der Waals surface area contributed by atoms with Crippen LogP contribution in [0.15, 0.2) is 12.1 Å². The lowest BCUT2D eigenvalue weighted by Gasteiger charge is -2.62. The standard InChI is InChI=1S/C23H26O6/c1-22(2)12-6-7-23(3)17(12)18(22)16-15-10(8-13(24)20(16)29-23)14(27-4)9-11(19(15)25)21(26)28-5/h8-9,12,17-18,24-25H,6-7H2,1-5H3. The van der Waals surface area contributed by atoms with Gasteiger partial charge in [0.25, 0.3) is 0 Å². The summed E-state index contributed by atoms with van der Waals surface area (Å²) in [6.07, 6.45) is 2.02. The average Bonchev–Trinajstić information content (AvgIpc) is 3.02. The number of benzene rings is 2. The molecule has 0 saturated heterocycles. The van der Waals surface area contributed by atoms with Crippen molar-refractivity contribution in [1.82, 2.24) is 0 Å². The van der Waals surface area contributed by atoms with E-state index in [4.69, 9.17) is 14.2 Å². The van der Waals surface area contributed by atoms with Gasteiger partial charge in [-0.1, -0.05) is 13.8 Å². The molecule has 0 bridgehead atoms. The fraction of sp³-hybridized carbons (Fsp3) is 0.522. The van der Waals surface area contributed by atoms with Crippen LogP contribution in [0.3, 0.4) is 0 Å². The smallest absolute Gasteiger partial charge is 0.341 e. The minimum Gasteiger partial charge on any atom is -0.506 e. The molecule has 6 nitrogen and oxygen atoms in total. The van der Waals surface area contributed by atoms with Crippen molar-refractivity contribution in [2.24, 2.45) is 17.3 Å². The maximum atomic E-state index is 12.3. The van der Waals surface area contributed by atoms with Crippen LogP contribution in [0, 0.1) is 17.3 Å². The van der Waals surface area contributed by atoms with E-state index in [0.29, 0.717) is 34.1 Å². The number of methoxy groups -OCH3 is 2. The molecule has 0 spiro atoms. The number of carbonyl (C=O) groups is 1. The van der Waals surface area contributed by atoms with Gasteiger partial charge in [-0.25, -0.2) is 4.79 Å². The van der Waals surface area contributed by atoms with Gasteiger partial charge in [-0.15, -0.1) is 0 Å². The zero-order chi connectivity index (χ0) is 20.9. The summed E-state index contributed by atoms with van der Waals surface area (Å²) in [5.41, 5.74) is 0.469. The van der Waals surface area contributed by atoms with Gasteiger partial charge in [-0.3, -0.25) is 0 Å². The molecule has 2 fully saturated rings. The van der Waals surface area contributed by atoms with Crippen molar-refractivity contribution in [3.8, 4) is 23.0 Å². The Hall–Kier alpha value is -2.63. The van der Waals surface area contributed by atoms with Gasteiger partial charge in [0.1, 0.15) is 22.7 Å². The van der Waals surface area contributed by atoms with E-state index in [1.54, 1.807) is 6.07 Å². The Balaban J connectivity index is 1.90. The summed E-state index contributed by atoms with van der Waals surface area (Å²) in [6.45, 7) is 6.61. The maximum absolute atomic E-state index is 12.3. The van der Waals surface area contributed by atoms with Crippen molar-refractivity contribution in [2.45, 2.75) is 45.1 Å². The summed E-state index contributed by atoms with van der Waals surface area (Å²) in [5, 5.41) is 23.1. The molecule has 2 aliphatic carbocycles. The van der Waals surface area contributed by atoms with E-state index in [1.807, 2.05) is 0 Å². The number of hydrogen-bond donors (Lipinski definition) is 2. The first-order valence-corrected chi connectivity index (χ1v) is 10.0. The second-order valence-electron chi connectivity index (χ2n) is 9.41. The summed E-state index contributed by atoms with van der Waals surface area (Å²) < 4.78 is 16.8. The fourth-order valence-corrected chi connectivity index (χ4v) is 6.48. The van der Waals surface area contributed by atoms with Gasteiger partial charge in [0.2, 0.25) is 0 Å². The Morgan fingerprint density at radius 3 is 2.59 bits per heavy atom. The van der Waals surface area contributed by atoms with E-state index < -0.39 is 5.97 Å². The molecule has 3 aliphatic rings. The summed E-state index contributed by atoms with van der Waals surface area (Å²) >= 11 is 0. The summed E-state index contributed by atoms with van der Waals surface area (Å²) in [6, 6.07) is 3.00. The normalized spacial score (nSPS) is 30.7. The zero-order valence-electron chi connectivity index (χ0n) is 17.3. The van der Waals surface area contributed by atoms with Gasteiger partial charge in [0, 0.05) is 28.2 Å². The minimum atomic E-state index is -0.641. The van der Waals surface area contributed by atoms with Crippen LogP contribution in [0.25, 0.3) is 10.8 Å². The minimum absolute atomic E-state index is 0.0113. The number of aromatic hydroxyl groups is 2. The number of carbonyl (C=O) groups excluding carboxylic acids is 1. The van der Waals surface area contributed by atoms with Crippen molar-refractivity contribution in [3.05, 3.63) is 23.3 Å². The van der Waals surface area contributed by atoms with Crippen LogP contribution in [0.1, 0.15) is 55.5 Å². The third-order valence-corrected chi connectivity index (χ3v) is 7.81. The first-order valence-electron chi connectivity index (χ1n) is 10.0. The average molecular weight is 398 g/mol. The van der Waals surface area contributed by atoms with Crippen LogP contribution in [0.2, 0.25) is 0 Å². The molecule has 4 atom stereocenters. The van der Waals surface area contributed by atoms with Gasteiger partial charge >= 0.3 is 5.97 Å². The number of fused-ring (bicyclic) bond motifs is 4. The number of ether oxygens (including phenoxy) is 3. The van der Waals surface area contributed by atoms with Crippen LogP contribution in [0.5, 0.6) is 23.0 Å². The molecule has 0 amide bonds. The Morgan fingerprint density at radius 1 is 1.21 bits per heavy atom. The molecule has 154 valence electrons. The lowest BCUT2D eigenvalue weighted by molar-refractivity contribution is -0.120. The third-order valence-electron chi connectivity index (χ3n) is 7.81. The molecule has 2 saturated carbocycles. The summed E-state index contributed by atoms with van der Waals surface area (Å²) in [7, 11) is 2.77. The second-order valence-corrected chi connectivity index (χ2v) is 9.41. The predicted molar refractivity (Wildman–Crippen MR) is 107 cm³/mol. The van der Waals surface area contributed by atoms with E-state index in [9.17, 15) is 15.0 Å². The molecular weight excluding hydrogens is 372 g/mol. The van der Waals surface area contributed by atoms with E-state index in [1.165, 1.54) is 20.3 Å². The summed E-state index contributed by atoms with van der Waals surface area (Å²) in [4.78, 5) is 12.3. The maximum Gasteiger partial charge on any atom is 0.341 e. The quantitative estimate of drug-likeness (QED) is 0.732. The molecule has 0 radical (unpaired) electrons. The highest BCUT2D eigenvalue weighted by atomic mass is 16.5. The fourth-order valence-electron chi connectivity index (χ4n) is 6.48. The Bertz CT molecular complexity index is 1070. The molecular formula is C23H26O6. The van der Waals surface area contributed by atoms with E-state index in [-0.39, 0.29) is 34.0 Å². The first kappa shape index (κ1) is 18.4. The lowest BCUT2D eigenvalue weighted by Crippen LogP contribution is -2.59. The molecule has 2 aromatic rings. The van der Waals surface area contributed by atoms with E-state index >= 15 is 0 Å². The van der Waals surface area contributed by atoms with Crippen LogP contribution in [0.4, 0.5) is 0 Å². The number of phenolic OH excluding ortho intramolecular Hbond substituents is 2. The number of phenols is 2. The number of hydrogen-bond acceptors (Lipinski definition) is 6. The molecule has 6 heteroatoms. The van der Waals surface area contributed by atoms with Crippen LogP contribution in [-0.2, 0) is 4.74 Å². The highest BCUT2D eigenvalue weighted by Crippen LogP contribution is 2.75. The SMILES string of the molecule is COC(=O)c1cc(OC)c2cc(O)c3c(c2c1O)C1C2C(CCC2(C)O3)C1(C)C. The molecule has 2 aromatic carbocycles. The zero-order valence-corrected chi connectivity index (χ0v) is 17.3. The molecule has 5 rings (SSSR count). The number of esters is 1. The van der Waals surface area contributed by atoms with Gasteiger partial charge in [0.15, 0.2) is 11.5 Å². The highest BCUT2D eigenvalue weighted by molar-refractivity contribution is 6.07. The molecule has 1 aliphatic heterocycles.